The summed E-state index contributed by atoms with van der Waals surface area (Å²) in [5, 5.41) is 2.80. The number of halogens is 1. The second-order valence-corrected chi connectivity index (χ2v) is 4.76. The predicted molar refractivity (Wildman–Crippen MR) is 71.9 cm³/mol. The molecule has 0 aliphatic carbocycles. The fraction of sp³-hybridized carbons (Fsp3) is 0.462. The second kappa shape index (κ2) is 6.23. The Hall–Kier alpha value is -1.78. The van der Waals surface area contributed by atoms with Gasteiger partial charge in [-0.25, -0.2) is 4.39 Å². The molecule has 100 valence electrons. The minimum absolute atomic E-state index is 0.102. The zero-order valence-electron chi connectivity index (χ0n) is 11.0. The molecule has 0 aliphatic heterocycles. The molecule has 3 N–H and O–H groups in total. The zero-order valence-corrected chi connectivity index (χ0v) is 11.0. The van der Waals surface area contributed by atoms with E-state index in [4.69, 9.17) is 5.73 Å². The van der Waals surface area contributed by atoms with E-state index in [-0.39, 0.29) is 18.3 Å². The number of anilines is 2. The maximum Gasteiger partial charge on any atom is 0.239 e. The van der Waals surface area contributed by atoms with E-state index in [2.05, 4.69) is 5.32 Å². The van der Waals surface area contributed by atoms with Gasteiger partial charge in [0.15, 0.2) is 0 Å². The number of nitrogens with two attached hydrogens (primary N) is 1. The molecule has 0 atom stereocenters. The van der Waals surface area contributed by atoms with Crippen LogP contribution in [0.4, 0.5) is 15.8 Å². The van der Waals surface area contributed by atoms with Gasteiger partial charge in [0.25, 0.3) is 0 Å². The number of nitrogens with one attached hydrogen (secondary N) is 1. The van der Waals surface area contributed by atoms with Crippen molar-refractivity contribution in [2.24, 2.45) is 5.92 Å². The molecule has 0 saturated heterocycles. The number of rotatable bonds is 5. The van der Waals surface area contributed by atoms with E-state index >= 15 is 0 Å². The Morgan fingerprint density at radius 3 is 2.78 bits per heavy atom. The Bertz CT molecular complexity index is 421. The van der Waals surface area contributed by atoms with E-state index in [0.29, 0.717) is 23.8 Å². The first-order valence-corrected chi connectivity index (χ1v) is 5.93. The molecule has 0 aromatic heterocycles. The molecular formula is C13H20FN3O. The molecular weight excluding hydrogens is 233 g/mol. The lowest BCUT2D eigenvalue weighted by Gasteiger charge is -2.20. The van der Waals surface area contributed by atoms with Gasteiger partial charge in [-0.3, -0.25) is 4.79 Å². The van der Waals surface area contributed by atoms with E-state index in [9.17, 15) is 9.18 Å². The summed E-state index contributed by atoms with van der Waals surface area (Å²) >= 11 is 0. The fourth-order valence-electron chi connectivity index (χ4n) is 1.52. The maximum atomic E-state index is 13.1. The van der Waals surface area contributed by atoms with Gasteiger partial charge < -0.3 is 16.0 Å². The quantitative estimate of drug-likeness (QED) is 0.784. The summed E-state index contributed by atoms with van der Waals surface area (Å²) in [5.41, 5.74) is 6.73. The lowest BCUT2D eigenvalue weighted by Crippen LogP contribution is -2.37. The second-order valence-electron chi connectivity index (χ2n) is 4.76. The van der Waals surface area contributed by atoms with E-state index in [1.165, 1.54) is 18.2 Å². The summed E-state index contributed by atoms with van der Waals surface area (Å²) < 4.78 is 13.1. The number of nitrogen functional groups attached to an aromatic ring is 1. The number of nitrogens with zero attached hydrogens (tertiary/aromatic N) is 1. The van der Waals surface area contributed by atoms with Gasteiger partial charge in [-0.2, -0.15) is 0 Å². The van der Waals surface area contributed by atoms with E-state index in [0.717, 1.165) is 0 Å². The summed E-state index contributed by atoms with van der Waals surface area (Å²) in [5.74, 6) is -0.0676. The third-order valence-electron chi connectivity index (χ3n) is 2.49. The van der Waals surface area contributed by atoms with Crippen LogP contribution in [0.1, 0.15) is 13.8 Å². The Morgan fingerprint density at radius 2 is 2.17 bits per heavy atom. The van der Waals surface area contributed by atoms with Gasteiger partial charge in [-0.15, -0.1) is 0 Å². The van der Waals surface area contributed by atoms with Gasteiger partial charge in [0.2, 0.25) is 5.91 Å². The van der Waals surface area contributed by atoms with Gasteiger partial charge in [0.05, 0.1) is 17.9 Å². The average Bonchev–Trinajstić information content (AvgIpc) is 2.29. The maximum absolute atomic E-state index is 13.1. The first kappa shape index (κ1) is 14.3. The third-order valence-corrected chi connectivity index (χ3v) is 2.49. The highest BCUT2D eigenvalue weighted by Crippen LogP contribution is 2.22. The third kappa shape index (κ3) is 4.24. The number of hydrogen-bond donors (Lipinski definition) is 2. The molecule has 0 spiro atoms. The Labute approximate surface area is 107 Å². The minimum atomic E-state index is -0.367. The largest absolute Gasteiger partial charge is 0.397 e. The normalized spacial score (nSPS) is 10.5. The van der Waals surface area contributed by atoms with Crippen LogP contribution in [0.25, 0.3) is 0 Å². The topological polar surface area (TPSA) is 58.4 Å². The van der Waals surface area contributed by atoms with Gasteiger partial charge in [-0.05, 0) is 24.1 Å². The van der Waals surface area contributed by atoms with Crippen molar-refractivity contribution in [3.05, 3.63) is 24.0 Å². The zero-order chi connectivity index (χ0) is 13.7. The molecule has 0 heterocycles. The van der Waals surface area contributed by atoms with Gasteiger partial charge >= 0.3 is 0 Å². The van der Waals surface area contributed by atoms with E-state index in [1.807, 2.05) is 13.8 Å². The summed E-state index contributed by atoms with van der Waals surface area (Å²) in [4.78, 5) is 13.3. The molecule has 1 rings (SSSR count). The van der Waals surface area contributed by atoms with Gasteiger partial charge in [-0.1, -0.05) is 13.8 Å². The molecule has 0 unspecified atom stereocenters. The first-order valence-electron chi connectivity index (χ1n) is 5.93. The molecule has 0 aliphatic rings. The first-order chi connectivity index (χ1) is 8.40. The summed E-state index contributed by atoms with van der Waals surface area (Å²) in [6.45, 7) is 4.83. The standard InChI is InChI=1S/C13H20FN3O/c1-9(2)7-16-13(18)8-17(3)12-6-10(14)4-5-11(12)15/h4-6,9H,7-8,15H2,1-3H3,(H,16,18). The molecule has 0 radical (unpaired) electrons. The number of benzene rings is 1. The van der Waals surface area contributed by atoms with Crippen LogP contribution in [0.2, 0.25) is 0 Å². The Kier molecular flexibility index (Phi) is 4.95. The van der Waals surface area contributed by atoms with Crippen molar-refractivity contribution in [1.82, 2.24) is 5.32 Å². The molecule has 5 heteroatoms. The van der Waals surface area contributed by atoms with Gasteiger partial charge in [0, 0.05) is 13.6 Å². The SMILES string of the molecule is CC(C)CNC(=O)CN(C)c1cc(F)ccc1N. The summed E-state index contributed by atoms with van der Waals surface area (Å²) in [6, 6.07) is 4.11. The van der Waals surface area contributed by atoms with Gasteiger partial charge in [0.1, 0.15) is 5.82 Å². The van der Waals surface area contributed by atoms with E-state index in [1.54, 1.807) is 11.9 Å². The van der Waals surface area contributed by atoms with Crippen molar-refractivity contribution in [3.8, 4) is 0 Å². The van der Waals surface area contributed by atoms with Crippen LogP contribution in [0.15, 0.2) is 18.2 Å². The number of likely N-dealkylation sites (N-methyl/N-ethyl adjacent to an activating group) is 1. The van der Waals surface area contributed by atoms with Crippen molar-refractivity contribution in [2.45, 2.75) is 13.8 Å². The Morgan fingerprint density at radius 1 is 1.50 bits per heavy atom. The molecule has 1 amide bonds. The lowest BCUT2D eigenvalue weighted by molar-refractivity contribution is -0.119. The van der Waals surface area contributed by atoms with Crippen molar-refractivity contribution in [2.75, 3.05) is 30.8 Å². The van der Waals surface area contributed by atoms with Crippen LogP contribution in [-0.2, 0) is 4.79 Å². The molecule has 18 heavy (non-hydrogen) atoms. The summed E-state index contributed by atoms with van der Waals surface area (Å²) in [6.07, 6.45) is 0. The smallest absolute Gasteiger partial charge is 0.239 e. The van der Waals surface area contributed by atoms with Crippen molar-refractivity contribution < 1.29 is 9.18 Å². The minimum Gasteiger partial charge on any atom is -0.397 e. The van der Waals surface area contributed by atoms with Crippen LogP contribution >= 0.6 is 0 Å². The van der Waals surface area contributed by atoms with Crippen molar-refractivity contribution >= 4 is 17.3 Å². The summed E-state index contributed by atoms with van der Waals surface area (Å²) in [7, 11) is 1.71. The molecule has 0 saturated carbocycles. The van der Waals surface area contributed by atoms with Crippen LogP contribution < -0.4 is 16.0 Å². The molecule has 0 bridgehead atoms. The lowest BCUT2D eigenvalue weighted by atomic mass is 10.2. The Balaban J connectivity index is 2.62. The fourth-order valence-corrected chi connectivity index (χ4v) is 1.52. The monoisotopic (exact) mass is 253 g/mol. The molecule has 4 nitrogen and oxygen atoms in total. The highest BCUT2D eigenvalue weighted by molar-refractivity contribution is 5.82. The molecule has 1 aromatic carbocycles. The van der Waals surface area contributed by atoms with Crippen molar-refractivity contribution in [1.29, 1.82) is 0 Å². The highest BCUT2D eigenvalue weighted by Gasteiger charge is 2.11. The highest BCUT2D eigenvalue weighted by atomic mass is 19.1. The average molecular weight is 253 g/mol. The number of amides is 1. The van der Waals surface area contributed by atoms with Crippen LogP contribution in [0.5, 0.6) is 0 Å². The van der Waals surface area contributed by atoms with Crippen LogP contribution in [-0.4, -0.2) is 26.0 Å². The number of carbonyl (C=O) groups excluding carboxylic acids is 1. The van der Waals surface area contributed by atoms with Crippen LogP contribution in [0, 0.1) is 11.7 Å². The predicted octanol–water partition coefficient (Wildman–Crippen LogP) is 1.62. The molecule has 1 aromatic rings. The van der Waals surface area contributed by atoms with Crippen molar-refractivity contribution in [3.63, 3.8) is 0 Å². The number of hydrogen-bond acceptors (Lipinski definition) is 3. The van der Waals surface area contributed by atoms with E-state index < -0.39 is 0 Å². The molecule has 0 fully saturated rings. The van der Waals surface area contributed by atoms with Crippen LogP contribution in [0.3, 0.4) is 0 Å². The number of carbonyl (C=O) groups is 1.